The van der Waals surface area contributed by atoms with E-state index in [4.69, 9.17) is 14.2 Å². The molecular formula is C44H83NO7. The molecule has 2 atom stereocenters. The summed E-state index contributed by atoms with van der Waals surface area (Å²) in [6.45, 7) is 4.66. The number of aliphatic carboxylic acids is 1. The molecule has 0 aromatic rings. The molecule has 306 valence electrons. The van der Waals surface area contributed by atoms with Crippen LogP contribution in [-0.4, -0.2) is 75.5 Å². The fraction of sp³-hybridized carbons (Fsp3) is 0.886. The minimum absolute atomic E-state index is 0.0443. The minimum Gasteiger partial charge on any atom is -0.544 e. The molecule has 2 unspecified atom stereocenters. The maximum absolute atomic E-state index is 12.7. The van der Waals surface area contributed by atoms with Crippen molar-refractivity contribution >= 4 is 17.9 Å². The Labute approximate surface area is 320 Å². The summed E-state index contributed by atoms with van der Waals surface area (Å²) in [7, 11) is 5.41. The van der Waals surface area contributed by atoms with Gasteiger partial charge in [-0.1, -0.05) is 154 Å². The fourth-order valence-electron chi connectivity index (χ4n) is 6.48. The molecule has 0 spiro atoms. The number of carboxylic acid groups (broad SMARTS) is 1. The Kier molecular flexibility index (Phi) is 34.7. The van der Waals surface area contributed by atoms with Gasteiger partial charge in [-0.2, -0.15) is 0 Å². The summed E-state index contributed by atoms with van der Waals surface area (Å²) in [6, 6.07) is -0.721. The van der Waals surface area contributed by atoms with E-state index in [-0.39, 0.29) is 42.7 Å². The molecule has 0 rings (SSSR count). The Bertz CT molecular complexity index is 869. The van der Waals surface area contributed by atoms with Gasteiger partial charge >= 0.3 is 11.9 Å². The van der Waals surface area contributed by atoms with E-state index >= 15 is 0 Å². The van der Waals surface area contributed by atoms with Crippen LogP contribution in [0.4, 0.5) is 0 Å². The van der Waals surface area contributed by atoms with Crippen molar-refractivity contribution < 1.29 is 38.2 Å². The number of ether oxygens (including phenoxy) is 3. The second kappa shape index (κ2) is 36.1. The third-order valence-corrected chi connectivity index (χ3v) is 9.90. The molecule has 0 aliphatic carbocycles. The van der Waals surface area contributed by atoms with Crippen molar-refractivity contribution in [1.82, 2.24) is 0 Å². The third kappa shape index (κ3) is 33.9. The normalized spacial score (nSPS) is 13.0. The number of hydrogen-bond acceptors (Lipinski definition) is 7. The molecule has 0 radical (unpaired) electrons. The molecule has 0 heterocycles. The van der Waals surface area contributed by atoms with Gasteiger partial charge in [0.2, 0.25) is 0 Å². The highest BCUT2D eigenvalue weighted by atomic mass is 16.6. The predicted octanol–water partition coefficient (Wildman–Crippen LogP) is 10.2. The first-order valence-corrected chi connectivity index (χ1v) is 21.7. The summed E-state index contributed by atoms with van der Waals surface area (Å²) in [4.78, 5) is 36.8. The number of carboxylic acids is 1. The number of carbonyl (C=O) groups is 3. The maximum Gasteiger partial charge on any atom is 0.306 e. The number of likely N-dealkylation sites (N-methyl/N-ethyl adjacent to an activating group) is 1. The molecule has 0 aliphatic rings. The van der Waals surface area contributed by atoms with Gasteiger partial charge in [-0.15, -0.1) is 0 Å². The van der Waals surface area contributed by atoms with Crippen LogP contribution in [0.25, 0.3) is 0 Å². The number of rotatable bonds is 39. The van der Waals surface area contributed by atoms with Gasteiger partial charge in [0.15, 0.2) is 6.10 Å². The summed E-state index contributed by atoms with van der Waals surface area (Å²) in [5, 5.41) is 11.6. The standard InChI is InChI=1S/C44H83NO7/c1-6-8-10-12-14-16-18-19-20-21-22-23-25-27-29-31-33-35-43(47)52-40(38-50-37-36-41(44(48)49)45(3,4)5)39-51-42(46)34-32-30-28-26-24-17-15-13-11-9-7-2/h19-20,40-41H,6-18,21-39H2,1-5H3/b20-19+. The highest BCUT2D eigenvalue weighted by Gasteiger charge is 2.25. The highest BCUT2D eigenvalue weighted by Crippen LogP contribution is 2.15. The molecule has 8 nitrogen and oxygen atoms in total. The highest BCUT2D eigenvalue weighted by molar-refractivity contribution is 5.70. The topological polar surface area (TPSA) is 102 Å². The molecule has 52 heavy (non-hydrogen) atoms. The number of carbonyl (C=O) groups excluding carboxylic acids is 3. The first-order chi connectivity index (χ1) is 25.1. The van der Waals surface area contributed by atoms with Crippen molar-refractivity contribution in [3.05, 3.63) is 12.2 Å². The number of esters is 2. The minimum atomic E-state index is -1.12. The first-order valence-electron chi connectivity index (χ1n) is 21.7. The van der Waals surface area contributed by atoms with E-state index in [0.717, 1.165) is 38.5 Å². The predicted molar refractivity (Wildman–Crippen MR) is 213 cm³/mol. The van der Waals surface area contributed by atoms with Gasteiger partial charge in [0.25, 0.3) is 0 Å². The summed E-state index contributed by atoms with van der Waals surface area (Å²) in [6.07, 6.45) is 36.6. The molecule has 8 heteroatoms. The zero-order chi connectivity index (χ0) is 38.5. The van der Waals surface area contributed by atoms with Crippen LogP contribution in [0.3, 0.4) is 0 Å². The van der Waals surface area contributed by atoms with Gasteiger partial charge < -0.3 is 28.6 Å². The van der Waals surface area contributed by atoms with E-state index in [9.17, 15) is 19.5 Å². The molecule has 0 N–H and O–H groups in total. The number of unbranched alkanes of at least 4 members (excludes halogenated alkanes) is 23. The molecule has 0 amide bonds. The Balaban J connectivity index is 4.32. The Morgan fingerprint density at radius 2 is 0.962 bits per heavy atom. The molecule has 0 saturated heterocycles. The van der Waals surface area contributed by atoms with Crippen molar-refractivity contribution in [2.45, 2.75) is 212 Å². The Morgan fingerprint density at radius 1 is 0.558 bits per heavy atom. The van der Waals surface area contributed by atoms with Crippen LogP contribution in [0.15, 0.2) is 12.2 Å². The van der Waals surface area contributed by atoms with Crippen LogP contribution >= 0.6 is 0 Å². The SMILES string of the molecule is CCCCCCCC/C=C/CCCCCCCCCC(=O)OC(COCCC(C(=O)[O-])[N+](C)(C)C)COC(=O)CCCCCCCCCCCCC. The van der Waals surface area contributed by atoms with Crippen LogP contribution in [0, 0.1) is 0 Å². The lowest BCUT2D eigenvalue weighted by Gasteiger charge is -2.34. The van der Waals surface area contributed by atoms with E-state index in [1.54, 1.807) is 21.1 Å². The lowest BCUT2D eigenvalue weighted by atomic mass is 10.1. The lowest BCUT2D eigenvalue weighted by molar-refractivity contribution is -0.889. The smallest absolute Gasteiger partial charge is 0.306 e. The quantitative estimate of drug-likeness (QED) is 0.0268. The molecule has 0 aromatic carbocycles. The molecule has 0 saturated carbocycles. The monoisotopic (exact) mass is 738 g/mol. The Morgan fingerprint density at radius 3 is 1.38 bits per heavy atom. The van der Waals surface area contributed by atoms with E-state index in [0.29, 0.717) is 12.8 Å². The van der Waals surface area contributed by atoms with E-state index in [1.807, 2.05) is 0 Å². The average molecular weight is 738 g/mol. The molecule has 0 bridgehead atoms. The number of allylic oxidation sites excluding steroid dienone is 2. The summed E-state index contributed by atoms with van der Waals surface area (Å²) >= 11 is 0. The number of hydrogen-bond donors (Lipinski definition) is 0. The van der Waals surface area contributed by atoms with E-state index < -0.39 is 18.1 Å². The number of quaternary nitrogens is 1. The second-order valence-corrected chi connectivity index (χ2v) is 15.9. The van der Waals surface area contributed by atoms with Crippen molar-refractivity contribution in [3.63, 3.8) is 0 Å². The van der Waals surface area contributed by atoms with Crippen molar-refractivity contribution in [2.75, 3.05) is 41.0 Å². The van der Waals surface area contributed by atoms with Crippen LogP contribution in [0.1, 0.15) is 200 Å². The van der Waals surface area contributed by atoms with Gasteiger partial charge in [0, 0.05) is 19.3 Å². The lowest BCUT2D eigenvalue weighted by Crippen LogP contribution is -2.55. The van der Waals surface area contributed by atoms with Crippen LogP contribution in [-0.2, 0) is 28.6 Å². The van der Waals surface area contributed by atoms with Gasteiger partial charge in [0.1, 0.15) is 12.6 Å². The van der Waals surface area contributed by atoms with Gasteiger partial charge in [0.05, 0.1) is 40.3 Å². The van der Waals surface area contributed by atoms with Crippen molar-refractivity contribution in [2.24, 2.45) is 0 Å². The average Bonchev–Trinajstić information content (AvgIpc) is 3.09. The second-order valence-electron chi connectivity index (χ2n) is 15.9. The first kappa shape index (κ1) is 50.1. The van der Waals surface area contributed by atoms with Gasteiger partial charge in [-0.25, -0.2) is 0 Å². The Hall–Kier alpha value is -1.93. The third-order valence-electron chi connectivity index (χ3n) is 9.90. The van der Waals surface area contributed by atoms with Crippen LogP contribution < -0.4 is 5.11 Å². The van der Waals surface area contributed by atoms with E-state index in [1.165, 1.54) is 128 Å². The largest absolute Gasteiger partial charge is 0.544 e. The van der Waals surface area contributed by atoms with E-state index in [2.05, 4.69) is 26.0 Å². The number of nitrogens with zero attached hydrogens (tertiary/aromatic N) is 1. The summed E-state index contributed by atoms with van der Waals surface area (Å²) in [5.74, 6) is -1.73. The molecule has 0 aliphatic heterocycles. The summed E-state index contributed by atoms with van der Waals surface area (Å²) < 4.78 is 17.1. The molecule has 0 fully saturated rings. The molecular weight excluding hydrogens is 654 g/mol. The fourth-order valence-corrected chi connectivity index (χ4v) is 6.48. The van der Waals surface area contributed by atoms with Crippen molar-refractivity contribution in [1.29, 1.82) is 0 Å². The van der Waals surface area contributed by atoms with Crippen LogP contribution in [0.5, 0.6) is 0 Å². The molecule has 0 aromatic heterocycles. The van der Waals surface area contributed by atoms with Gasteiger partial charge in [-0.05, 0) is 38.5 Å². The maximum atomic E-state index is 12.7. The summed E-state index contributed by atoms with van der Waals surface area (Å²) in [5.41, 5.74) is 0. The van der Waals surface area contributed by atoms with Gasteiger partial charge in [-0.3, -0.25) is 9.59 Å². The zero-order valence-electron chi connectivity index (χ0n) is 34.7. The zero-order valence-corrected chi connectivity index (χ0v) is 34.7. The van der Waals surface area contributed by atoms with Crippen LogP contribution in [0.2, 0.25) is 0 Å². The van der Waals surface area contributed by atoms with Crippen molar-refractivity contribution in [3.8, 4) is 0 Å².